The van der Waals surface area contributed by atoms with Crippen molar-refractivity contribution >= 4 is 46.5 Å². The van der Waals surface area contributed by atoms with Crippen molar-refractivity contribution in [2.24, 2.45) is 11.8 Å². The lowest BCUT2D eigenvalue weighted by Gasteiger charge is -2.32. The quantitative estimate of drug-likeness (QED) is 0.737. The second-order valence-corrected chi connectivity index (χ2v) is 7.07. The molecule has 9 heteroatoms. The summed E-state index contributed by atoms with van der Waals surface area (Å²) in [5.74, 6) is -0.491. The Hall–Kier alpha value is -1.64. The van der Waals surface area contributed by atoms with Gasteiger partial charge in [0.1, 0.15) is 11.0 Å². The summed E-state index contributed by atoms with van der Waals surface area (Å²) in [6.07, 6.45) is 0.540. The van der Waals surface area contributed by atoms with Crippen molar-refractivity contribution in [1.29, 1.82) is 0 Å². The fraction of sp³-hybridized carbons (Fsp3) is 0.562. The van der Waals surface area contributed by atoms with Gasteiger partial charge >= 0.3 is 5.97 Å². The summed E-state index contributed by atoms with van der Waals surface area (Å²) in [6, 6.07) is 1.12. The minimum Gasteiger partial charge on any atom is -0.465 e. The highest BCUT2D eigenvalue weighted by atomic mass is 35.5. The Labute approximate surface area is 156 Å². The van der Waals surface area contributed by atoms with Gasteiger partial charge in [-0.2, -0.15) is 0 Å². The van der Waals surface area contributed by atoms with Crippen molar-refractivity contribution < 1.29 is 19.1 Å². The molecule has 0 bridgehead atoms. The van der Waals surface area contributed by atoms with Gasteiger partial charge in [-0.3, -0.25) is 9.59 Å². The number of thiophene rings is 1. The highest BCUT2D eigenvalue weighted by Gasteiger charge is 2.38. The van der Waals surface area contributed by atoms with Crippen LogP contribution in [0.1, 0.15) is 23.7 Å². The summed E-state index contributed by atoms with van der Waals surface area (Å²) in [5, 5.41) is 8.35. The molecule has 0 saturated carbocycles. The van der Waals surface area contributed by atoms with E-state index in [0.29, 0.717) is 29.4 Å². The van der Waals surface area contributed by atoms with E-state index in [1.807, 2.05) is 6.92 Å². The molecule has 2 saturated heterocycles. The molecule has 1 aromatic rings. The van der Waals surface area contributed by atoms with Crippen LogP contribution in [0.15, 0.2) is 11.4 Å². The number of halogens is 1. The number of nitrogens with zero attached hydrogens (tertiary/aromatic N) is 1. The van der Waals surface area contributed by atoms with Gasteiger partial charge in [0, 0.05) is 12.5 Å². The maximum absolute atomic E-state index is 12.6. The van der Waals surface area contributed by atoms with Crippen molar-refractivity contribution in [1.82, 2.24) is 10.6 Å². The summed E-state index contributed by atoms with van der Waals surface area (Å²) >= 11 is 1.32. The minimum absolute atomic E-state index is 0. The molecule has 7 nitrogen and oxygen atoms in total. The number of ether oxygens (including phenoxy) is 1. The topological polar surface area (TPSA) is 87.7 Å². The van der Waals surface area contributed by atoms with E-state index in [2.05, 4.69) is 10.6 Å². The second-order valence-electron chi connectivity index (χ2n) is 6.18. The lowest BCUT2D eigenvalue weighted by atomic mass is 9.88. The Bertz CT molecular complexity index is 662. The number of hydrogen-bond donors (Lipinski definition) is 2. The average molecular weight is 388 g/mol. The van der Waals surface area contributed by atoms with Crippen LogP contribution >= 0.6 is 23.7 Å². The number of carbonyl (C=O) groups is 3. The third-order valence-electron chi connectivity index (χ3n) is 4.75. The third-order valence-corrected chi connectivity index (χ3v) is 5.69. The molecule has 2 atom stereocenters. The van der Waals surface area contributed by atoms with E-state index in [1.165, 1.54) is 18.4 Å². The van der Waals surface area contributed by atoms with Gasteiger partial charge in [-0.15, -0.1) is 23.7 Å². The van der Waals surface area contributed by atoms with Gasteiger partial charge in [-0.1, -0.05) is 6.92 Å². The lowest BCUT2D eigenvalue weighted by Crippen LogP contribution is -2.52. The molecule has 0 radical (unpaired) electrons. The molecule has 2 N–H and O–H groups in total. The Morgan fingerprint density at radius 1 is 1.44 bits per heavy atom. The SMILES string of the molecule is COC(=O)c1ccsc1N1CCC(NC(=O)C(C)C2CNC2)C1=O.Cl. The van der Waals surface area contributed by atoms with Crippen LogP contribution in [0, 0.1) is 11.8 Å². The van der Waals surface area contributed by atoms with E-state index in [0.717, 1.165) is 13.1 Å². The third kappa shape index (κ3) is 3.80. The van der Waals surface area contributed by atoms with Gasteiger partial charge in [0.2, 0.25) is 11.8 Å². The molecule has 138 valence electrons. The van der Waals surface area contributed by atoms with Crippen LogP contribution in [-0.4, -0.2) is 50.6 Å². The number of nitrogens with one attached hydrogen (secondary N) is 2. The zero-order valence-corrected chi connectivity index (χ0v) is 15.7. The van der Waals surface area contributed by atoms with E-state index in [9.17, 15) is 14.4 Å². The van der Waals surface area contributed by atoms with Crippen molar-refractivity contribution in [2.45, 2.75) is 19.4 Å². The number of hydrogen-bond acceptors (Lipinski definition) is 6. The number of rotatable bonds is 5. The van der Waals surface area contributed by atoms with Gasteiger partial charge < -0.3 is 20.3 Å². The van der Waals surface area contributed by atoms with Crippen LogP contribution in [0.25, 0.3) is 0 Å². The fourth-order valence-electron chi connectivity index (χ4n) is 2.97. The van der Waals surface area contributed by atoms with Crippen LogP contribution in [0.3, 0.4) is 0 Å². The van der Waals surface area contributed by atoms with Gasteiger partial charge in [-0.05, 0) is 36.9 Å². The Morgan fingerprint density at radius 3 is 2.76 bits per heavy atom. The van der Waals surface area contributed by atoms with E-state index in [1.54, 1.807) is 16.3 Å². The first-order chi connectivity index (χ1) is 11.5. The highest BCUT2D eigenvalue weighted by molar-refractivity contribution is 7.14. The molecule has 2 fully saturated rings. The number of carbonyl (C=O) groups excluding carboxylic acids is 3. The molecule has 3 rings (SSSR count). The van der Waals surface area contributed by atoms with Crippen LogP contribution in [0.5, 0.6) is 0 Å². The molecule has 2 amide bonds. The van der Waals surface area contributed by atoms with Gasteiger partial charge in [-0.25, -0.2) is 4.79 Å². The van der Waals surface area contributed by atoms with Crippen LogP contribution in [-0.2, 0) is 14.3 Å². The first-order valence-corrected chi connectivity index (χ1v) is 8.89. The molecular weight excluding hydrogens is 366 g/mol. The molecule has 1 aromatic heterocycles. The summed E-state index contributed by atoms with van der Waals surface area (Å²) in [7, 11) is 1.31. The normalized spacial score (nSPS) is 21.3. The van der Waals surface area contributed by atoms with E-state index in [-0.39, 0.29) is 30.1 Å². The summed E-state index contributed by atoms with van der Waals surface area (Å²) < 4.78 is 4.75. The van der Waals surface area contributed by atoms with Crippen LogP contribution < -0.4 is 15.5 Å². The minimum atomic E-state index is -0.527. The number of anilines is 1. The number of esters is 1. The van der Waals surface area contributed by atoms with Crippen molar-refractivity contribution in [3.05, 3.63) is 17.0 Å². The van der Waals surface area contributed by atoms with Crippen molar-refractivity contribution in [3.63, 3.8) is 0 Å². The number of methoxy groups -OCH3 is 1. The smallest absolute Gasteiger partial charge is 0.340 e. The lowest BCUT2D eigenvalue weighted by molar-refractivity contribution is -0.130. The zero-order chi connectivity index (χ0) is 17.3. The van der Waals surface area contributed by atoms with E-state index >= 15 is 0 Å². The second kappa shape index (κ2) is 8.16. The van der Waals surface area contributed by atoms with Gasteiger partial charge in [0.15, 0.2) is 0 Å². The van der Waals surface area contributed by atoms with Crippen LogP contribution in [0.4, 0.5) is 5.00 Å². The largest absolute Gasteiger partial charge is 0.465 e. The molecule has 0 spiro atoms. The predicted molar refractivity (Wildman–Crippen MR) is 97.3 cm³/mol. The molecule has 0 aliphatic carbocycles. The zero-order valence-electron chi connectivity index (χ0n) is 14.1. The first kappa shape index (κ1) is 19.7. The summed E-state index contributed by atoms with van der Waals surface area (Å²) in [5.41, 5.74) is 0.386. The standard InChI is InChI=1S/C16H21N3O4S.ClH/c1-9(10-7-17-8-10)13(20)18-12-3-5-19(14(12)21)15-11(4-6-24-15)16(22)23-2;/h4,6,9-10,12,17H,3,5,7-8H2,1-2H3,(H,18,20);1H. The summed E-state index contributed by atoms with van der Waals surface area (Å²) in [4.78, 5) is 38.3. The van der Waals surface area contributed by atoms with Gasteiger partial charge in [0.25, 0.3) is 0 Å². The van der Waals surface area contributed by atoms with Crippen molar-refractivity contribution in [2.75, 3.05) is 31.6 Å². The van der Waals surface area contributed by atoms with Crippen molar-refractivity contribution in [3.8, 4) is 0 Å². The van der Waals surface area contributed by atoms with Gasteiger partial charge in [0.05, 0.1) is 12.7 Å². The molecular formula is C16H22ClN3O4S. The molecule has 3 heterocycles. The Balaban J connectivity index is 0.00000225. The Kier molecular flexibility index (Phi) is 6.42. The van der Waals surface area contributed by atoms with Crippen LogP contribution in [0.2, 0.25) is 0 Å². The molecule has 25 heavy (non-hydrogen) atoms. The Morgan fingerprint density at radius 2 is 2.16 bits per heavy atom. The highest BCUT2D eigenvalue weighted by Crippen LogP contribution is 2.32. The number of amides is 2. The molecule has 0 aromatic carbocycles. The predicted octanol–water partition coefficient (Wildman–Crippen LogP) is 1.03. The average Bonchev–Trinajstić information content (AvgIpc) is 3.12. The monoisotopic (exact) mass is 387 g/mol. The molecule has 2 unspecified atom stereocenters. The first-order valence-electron chi connectivity index (χ1n) is 8.01. The maximum Gasteiger partial charge on any atom is 0.340 e. The molecule has 2 aliphatic rings. The summed E-state index contributed by atoms with van der Waals surface area (Å²) in [6.45, 7) is 4.06. The van der Waals surface area contributed by atoms with E-state index in [4.69, 9.17) is 4.74 Å². The maximum atomic E-state index is 12.6. The van der Waals surface area contributed by atoms with E-state index < -0.39 is 12.0 Å². The molecule has 2 aliphatic heterocycles. The fourth-order valence-corrected chi connectivity index (χ4v) is 3.89.